The topological polar surface area (TPSA) is 32.3 Å². The fourth-order valence-corrected chi connectivity index (χ4v) is 1.94. The van der Waals surface area contributed by atoms with Crippen molar-refractivity contribution in [1.29, 1.82) is 0 Å². The quantitative estimate of drug-likeness (QED) is 0.589. The third kappa shape index (κ3) is 4.43. The van der Waals surface area contributed by atoms with E-state index in [-0.39, 0.29) is 5.60 Å². The fraction of sp³-hybridized carbons (Fsp3) is 1.00. The van der Waals surface area contributed by atoms with Gasteiger partial charge >= 0.3 is 0 Å². The molecule has 84 valence electrons. The Kier molecular flexibility index (Phi) is 5.49. The average molecular weight is 199 g/mol. The van der Waals surface area contributed by atoms with Gasteiger partial charge in [-0.1, -0.05) is 32.6 Å². The van der Waals surface area contributed by atoms with E-state index in [1.165, 1.54) is 38.5 Å². The van der Waals surface area contributed by atoms with E-state index in [2.05, 4.69) is 12.2 Å². The Labute approximate surface area is 88.1 Å². The lowest BCUT2D eigenvalue weighted by atomic mass is 9.80. The number of rotatable bonds is 8. The van der Waals surface area contributed by atoms with Crippen LogP contribution >= 0.6 is 0 Å². The van der Waals surface area contributed by atoms with E-state index in [0.29, 0.717) is 0 Å². The number of hydrogen-bond acceptors (Lipinski definition) is 2. The summed E-state index contributed by atoms with van der Waals surface area (Å²) in [5, 5.41) is 13.1. The molecule has 0 atom stereocenters. The van der Waals surface area contributed by atoms with E-state index in [1.807, 2.05) is 0 Å². The predicted molar refractivity (Wildman–Crippen MR) is 60.4 cm³/mol. The lowest BCUT2D eigenvalue weighted by molar-refractivity contribution is -0.0311. The molecule has 0 heterocycles. The standard InChI is InChI=1S/C12H25NO/c1-2-3-4-5-6-10-13-11-12(14)8-7-9-12/h13-14H,2-11H2,1H3. The highest BCUT2D eigenvalue weighted by molar-refractivity contribution is 4.89. The van der Waals surface area contributed by atoms with E-state index in [0.717, 1.165) is 25.9 Å². The summed E-state index contributed by atoms with van der Waals surface area (Å²) in [5.41, 5.74) is -0.344. The van der Waals surface area contributed by atoms with E-state index < -0.39 is 0 Å². The molecule has 0 unspecified atom stereocenters. The highest BCUT2D eigenvalue weighted by Crippen LogP contribution is 2.30. The molecule has 1 aliphatic carbocycles. The van der Waals surface area contributed by atoms with Gasteiger partial charge in [-0.25, -0.2) is 0 Å². The molecule has 14 heavy (non-hydrogen) atoms. The third-order valence-electron chi connectivity index (χ3n) is 3.20. The van der Waals surface area contributed by atoms with Gasteiger partial charge in [-0.3, -0.25) is 0 Å². The van der Waals surface area contributed by atoms with Crippen LogP contribution in [0.15, 0.2) is 0 Å². The van der Waals surface area contributed by atoms with E-state index in [1.54, 1.807) is 0 Å². The summed E-state index contributed by atoms with van der Waals surface area (Å²) in [7, 11) is 0. The smallest absolute Gasteiger partial charge is 0.0771 e. The molecule has 0 aromatic rings. The lowest BCUT2D eigenvalue weighted by Gasteiger charge is -2.36. The molecule has 1 fully saturated rings. The van der Waals surface area contributed by atoms with Crippen LogP contribution in [0.3, 0.4) is 0 Å². The minimum atomic E-state index is -0.344. The molecular weight excluding hydrogens is 174 g/mol. The van der Waals surface area contributed by atoms with Gasteiger partial charge in [0.1, 0.15) is 0 Å². The maximum absolute atomic E-state index is 9.79. The van der Waals surface area contributed by atoms with Crippen molar-refractivity contribution in [1.82, 2.24) is 5.32 Å². The minimum absolute atomic E-state index is 0.344. The zero-order valence-electron chi connectivity index (χ0n) is 9.52. The van der Waals surface area contributed by atoms with E-state index >= 15 is 0 Å². The second kappa shape index (κ2) is 6.41. The lowest BCUT2D eigenvalue weighted by Crippen LogP contribution is -2.46. The Morgan fingerprint density at radius 3 is 2.43 bits per heavy atom. The second-order valence-corrected chi connectivity index (χ2v) is 4.67. The Morgan fingerprint density at radius 2 is 1.86 bits per heavy atom. The summed E-state index contributed by atoms with van der Waals surface area (Å²) in [6.07, 6.45) is 9.83. The Balaban J connectivity index is 1.80. The first-order valence-electron chi connectivity index (χ1n) is 6.20. The van der Waals surface area contributed by atoms with Gasteiger partial charge in [-0.05, 0) is 32.2 Å². The van der Waals surface area contributed by atoms with Crippen LogP contribution in [0.25, 0.3) is 0 Å². The first-order valence-corrected chi connectivity index (χ1v) is 6.20. The Bertz CT molecular complexity index is 143. The van der Waals surface area contributed by atoms with E-state index in [4.69, 9.17) is 0 Å². The molecule has 2 nitrogen and oxygen atoms in total. The highest BCUT2D eigenvalue weighted by atomic mass is 16.3. The van der Waals surface area contributed by atoms with Gasteiger partial charge in [0.15, 0.2) is 0 Å². The summed E-state index contributed by atoms with van der Waals surface area (Å²) in [5.74, 6) is 0. The van der Waals surface area contributed by atoms with Gasteiger partial charge in [0, 0.05) is 6.54 Å². The molecule has 0 bridgehead atoms. The summed E-state index contributed by atoms with van der Waals surface area (Å²) in [6.45, 7) is 4.12. The zero-order valence-corrected chi connectivity index (χ0v) is 9.52. The Morgan fingerprint density at radius 1 is 1.14 bits per heavy atom. The SMILES string of the molecule is CCCCCCCNCC1(O)CCC1. The highest BCUT2D eigenvalue weighted by Gasteiger charge is 2.33. The summed E-state index contributed by atoms with van der Waals surface area (Å²) in [6, 6.07) is 0. The Hall–Kier alpha value is -0.0800. The van der Waals surface area contributed by atoms with Crippen LogP contribution in [0, 0.1) is 0 Å². The summed E-state index contributed by atoms with van der Waals surface area (Å²) < 4.78 is 0. The first kappa shape index (κ1) is 12.0. The van der Waals surface area contributed by atoms with Crippen molar-refractivity contribution in [2.45, 2.75) is 63.9 Å². The maximum atomic E-state index is 9.79. The average Bonchev–Trinajstić information content (AvgIpc) is 2.14. The monoisotopic (exact) mass is 199 g/mol. The molecule has 0 spiro atoms. The normalized spacial score (nSPS) is 19.3. The molecule has 1 saturated carbocycles. The predicted octanol–water partition coefficient (Wildman–Crippen LogP) is 2.46. The van der Waals surface area contributed by atoms with Gasteiger partial charge in [-0.2, -0.15) is 0 Å². The van der Waals surface area contributed by atoms with E-state index in [9.17, 15) is 5.11 Å². The third-order valence-corrected chi connectivity index (χ3v) is 3.20. The molecule has 0 amide bonds. The molecule has 0 aromatic carbocycles. The van der Waals surface area contributed by atoms with Crippen LogP contribution in [0.5, 0.6) is 0 Å². The van der Waals surface area contributed by atoms with Crippen molar-refractivity contribution in [3.8, 4) is 0 Å². The summed E-state index contributed by atoms with van der Waals surface area (Å²) in [4.78, 5) is 0. The van der Waals surface area contributed by atoms with Crippen molar-refractivity contribution in [2.24, 2.45) is 0 Å². The number of hydrogen-bond donors (Lipinski definition) is 2. The van der Waals surface area contributed by atoms with Crippen LogP contribution in [0.2, 0.25) is 0 Å². The van der Waals surface area contributed by atoms with Crippen molar-refractivity contribution in [3.63, 3.8) is 0 Å². The molecule has 1 aliphatic rings. The minimum Gasteiger partial charge on any atom is -0.389 e. The van der Waals surface area contributed by atoms with Crippen LogP contribution in [0.4, 0.5) is 0 Å². The molecular formula is C12H25NO. The van der Waals surface area contributed by atoms with Crippen LogP contribution < -0.4 is 5.32 Å². The number of aliphatic hydroxyl groups is 1. The van der Waals surface area contributed by atoms with Crippen LogP contribution in [-0.2, 0) is 0 Å². The second-order valence-electron chi connectivity index (χ2n) is 4.67. The van der Waals surface area contributed by atoms with Gasteiger partial charge in [0.05, 0.1) is 5.60 Å². The van der Waals surface area contributed by atoms with Crippen LogP contribution in [-0.4, -0.2) is 23.8 Å². The molecule has 2 heteroatoms. The maximum Gasteiger partial charge on any atom is 0.0771 e. The summed E-state index contributed by atoms with van der Waals surface area (Å²) >= 11 is 0. The van der Waals surface area contributed by atoms with Gasteiger partial charge in [-0.15, -0.1) is 0 Å². The van der Waals surface area contributed by atoms with Crippen molar-refractivity contribution in [2.75, 3.05) is 13.1 Å². The van der Waals surface area contributed by atoms with Crippen molar-refractivity contribution in [3.05, 3.63) is 0 Å². The molecule has 1 rings (SSSR count). The van der Waals surface area contributed by atoms with Crippen molar-refractivity contribution < 1.29 is 5.11 Å². The fourth-order valence-electron chi connectivity index (χ4n) is 1.94. The molecule has 0 saturated heterocycles. The zero-order chi connectivity index (χ0) is 10.3. The van der Waals surface area contributed by atoms with Gasteiger partial charge in [0.2, 0.25) is 0 Å². The molecule has 0 radical (unpaired) electrons. The van der Waals surface area contributed by atoms with Crippen molar-refractivity contribution >= 4 is 0 Å². The molecule has 2 N–H and O–H groups in total. The first-order chi connectivity index (χ1) is 6.77. The number of nitrogens with one attached hydrogen (secondary N) is 1. The molecule has 0 aliphatic heterocycles. The van der Waals surface area contributed by atoms with Crippen LogP contribution in [0.1, 0.15) is 58.3 Å². The van der Waals surface area contributed by atoms with Gasteiger partial charge < -0.3 is 10.4 Å². The number of unbranched alkanes of at least 4 members (excludes halogenated alkanes) is 4. The molecule has 0 aromatic heterocycles. The van der Waals surface area contributed by atoms with Gasteiger partial charge in [0.25, 0.3) is 0 Å². The largest absolute Gasteiger partial charge is 0.389 e.